The van der Waals surface area contributed by atoms with E-state index >= 15 is 0 Å². The van der Waals surface area contributed by atoms with E-state index < -0.39 is 0 Å². The first-order valence-corrected chi connectivity index (χ1v) is 7.08. The van der Waals surface area contributed by atoms with Crippen LogP contribution in [0.25, 0.3) is 10.9 Å². The number of rotatable bonds is 3. The number of piperidine rings is 1. The minimum absolute atomic E-state index is 0.702. The number of nitrogens with zero attached hydrogens (tertiary/aromatic N) is 2. The van der Waals surface area contributed by atoms with Gasteiger partial charge in [0.1, 0.15) is 0 Å². The van der Waals surface area contributed by atoms with E-state index in [4.69, 9.17) is 0 Å². The largest absolute Gasteiger partial charge is 0.317 e. The SMILES string of the molecule is CN(Cc1ccnc2ccccc12)C1CCNCC1. The van der Waals surface area contributed by atoms with Gasteiger partial charge >= 0.3 is 0 Å². The third kappa shape index (κ3) is 2.77. The van der Waals surface area contributed by atoms with Crippen LogP contribution in [0.1, 0.15) is 18.4 Å². The minimum Gasteiger partial charge on any atom is -0.317 e. The molecule has 1 aliphatic rings. The van der Waals surface area contributed by atoms with E-state index in [2.05, 4.69) is 52.6 Å². The van der Waals surface area contributed by atoms with Gasteiger partial charge < -0.3 is 5.32 Å². The van der Waals surface area contributed by atoms with Gasteiger partial charge in [-0.05, 0) is 50.7 Å². The summed E-state index contributed by atoms with van der Waals surface area (Å²) in [6.07, 6.45) is 4.42. The van der Waals surface area contributed by atoms with Crippen molar-refractivity contribution < 1.29 is 0 Å². The highest BCUT2D eigenvalue weighted by Gasteiger charge is 2.18. The van der Waals surface area contributed by atoms with Crippen molar-refractivity contribution in [2.45, 2.75) is 25.4 Å². The number of aromatic nitrogens is 1. The van der Waals surface area contributed by atoms with E-state index in [9.17, 15) is 0 Å². The number of nitrogens with one attached hydrogen (secondary N) is 1. The molecule has 1 aromatic carbocycles. The van der Waals surface area contributed by atoms with Crippen LogP contribution in [0.4, 0.5) is 0 Å². The van der Waals surface area contributed by atoms with Crippen LogP contribution in [-0.2, 0) is 6.54 Å². The highest BCUT2D eigenvalue weighted by Crippen LogP contribution is 2.20. The molecule has 3 nitrogen and oxygen atoms in total. The summed E-state index contributed by atoms with van der Waals surface area (Å²) in [6, 6.07) is 11.3. The molecule has 0 aliphatic carbocycles. The van der Waals surface area contributed by atoms with Crippen molar-refractivity contribution in [3.8, 4) is 0 Å². The van der Waals surface area contributed by atoms with Gasteiger partial charge in [0.05, 0.1) is 5.52 Å². The Hall–Kier alpha value is -1.45. The van der Waals surface area contributed by atoms with Crippen molar-refractivity contribution in [2.75, 3.05) is 20.1 Å². The summed E-state index contributed by atoms with van der Waals surface area (Å²) in [5, 5.41) is 4.71. The van der Waals surface area contributed by atoms with Crippen molar-refractivity contribution in [1.29, 1.82) is 0 Å². The Labute approximate surface area is 114 Å². The number of hydrogen-bond donors (Lipinski definition) is 1. The number of pyridine rings is 1. The van der Waals surface area contributed by atoms with E-state index in [0.717, 1.165) is 25.2 Å². The first-order chi connectivity index (χ1) is 9.34. The number of benzene rings is 1. The fourth-order valence-electron chi connectivity index (χ4n) is 2.94. The molecule has 1 N–H and O–H groups in total. The molecular weight excluding hydrogens is 234 g/mol. The molecule has 0 saturated carbocycles. The van der Waals surface area contributed by atoms with Crippen molar-refractivity contribution in [3.63, 3.8) is 0 Å². The smallest absolute Gasteiger partial charge is 0.0705 e. The van der Waals surface area contributed by atoms with Gasteiger partial charge in [-0.15, -0.1) is 0 Å². The second kappa shape index (κ2) is 5.68. The molecular formula is C16H21N3. The number of fused-ring (bicyclic) bond motifs is 1. The lowest BCUT2D eigenvalue weighted by molar-refractivity contribution is 0.192. The van der Waals surface area contributed by atoms with Crippen molar-refractivity contribution >= 4 is 10.9 Å². The molecule has 0 bridgehead atoms. The van der Waals surface area contributed by atoms with Gasteiger partial charge in [0.15, 0.2) is 0 Å². The van der Waals surface area contributed by atoms with Crippen molar-refractivity contribution in [3.05, 3.63) is 42.1 Å². The Morgan fingerprint density at radius 2 is 2.00 bits per heavy atom. The highest BCUT2D eigenvalue weighted by molar-refractivity contribution is 5.81. The average Bonchev–Trinajstić information content (AvgIpc) is 2.48. The lowest BCUT2D eigenvalue weighted by Gasteiger charge is -2.31. The Morgan fingerprint density at radius 1 is 1.21 bits per heavy atom. The number of hydrogen-bond acceptors (Lipinski definition) is 3. The molecule has 100 valence electrons. The van der Waals surface area contributed by atoms with Crippen LogP contribution in [0.3, 0.4) is 0 Å². The molecule has 3 heteroatoms. The summed E-state index contributed by atoms with van der Waals surface area (Å²) in [5.74, 6) is 0. The first-order valence-electron chi connectivity index (χ1n) is 7.08. The topological polar surface area (TPSA) is 28.2 Å². The molecule has 0 amide bonds. The summed E-state index contributed by atoms with van der Waals surface area (Å²) in [7, 11) is 2.24. The van der Waals surface area contributed by atoms with Gasteiger partial charge in [-0.25, -0.2) is 0 Å². The number of para-hydroxylation sites is 1. The molecule has 0 atom stereocenters. The van der Waals surface area contributed by atoms with Gasteiger partial charge in [-0.3, -0.25) is 9.88 Å². The average molecular weight is 255 g/mol. The summed E-state index contributed by atoms with van der Waals surface area (Å²) in [5.41, 5.74) is 2.48. The molecule has 3 rings (SSSR count). The van der Waals surface area contributed by atoms with Gasteiger partial charge in [0, 0.05) is 24.2 Å². The van der Waals surface area contributed by atoms with E-state index in [0.29, 0.717) is 6.04 Å². The quantitative estimate of drug-likeness (QED) is 0.913. The molecule has 0 radical (unpaired) electrons. The van der Waals surface area contributed by atoms with Crippen molar-refractivity contribution in [1.82, 2.24) is 15.2 Å². The lowest BCUT2D eigenvalue weighted by Crippen LogP contribution is -2.40. The fraction of sp³-hybridized carbons (Fsp3) is 0.438. The Morgan fingerprint density at radius 3 is 2.84 bits per heavy atom. The standard InChI is InChI=1S/C16H21N3/c1-19(14-7-9-17-10-8-14)12-13-6-11-18-16-5-3-2-4-15(13)16/h2-6,11,14,17H,7-10,12H2,1H3. The van der Waals surface area contributed by atoms with Crippen LogP contribution in [0.2, 0.25) is 0 Å². The second-order valence-electron chi connectivity index (χ2n) is 5.38. The predicted molar refractivity (Wildman–Crippen MR) is 79.1 cm³/mol. The fourth-order valence-corrected chi connectivity index (χ4v) is 2.94. The maximum atomic E-state index is 4.43. The molecule has 2 heterocycles. The van der Waals surface area contributed by atoms with Gasteiger partial charge in [-0.2, -0.15) is 0 Å². The van der Waals surface area contributed by atoms with E-state index in [1.165, 1.54) is 23.8 Å². The van der Waals surface area contributed by atoms with E-state index in [1.54, 1.807) is 0 Å². The normalized spacial score (nSPS) is 17.2. The van der Waals surface area contributed by atoms with Crippen LogP contribution in [0.15, 0.2) is 36.5 Å². The summed E-state index contributed by atoms with van der Waals surface area (Å²) >= 11 is 0. The summed E-state index contributed by atoms with van der Waals surface area (Å²) in [6.45, 7) is 3.30. The Balaban J connectivity index is 1.80. The minimum atomic E-state index is 0.702. The zero-order valence-electron chi connectivity index (χ0n) is 11.5. The molecule has 2 aromatic rings. The molecule has 1 saturated heterocycles. The first kappa shape index (κ1) is 12.6. The van der Waals surface area contributed by atoms with E-state index in [1.807, 2.05) is 6.20 Å². The Kier molecular flexibility index (Phi) is 3.76. The van der Waals surface area contributed by atoms with Crippen molar-refractivity contribution in [2.24, 2.45) is 0 Å². The molecule has 1 fully saturated rings. The zero-order chi connectivity index (χ0) is 13.1. The third-order valence-corrected chi connectivity index (χ3v) is 4.09. The van der Waals surface area contributed by atoms with Crippen LogP contribution in [-0.4, -0.2) is 36.1 Å². The third-order valence-electron chi connectivity index (χ3n) is 4.09. The van der Waals surface area contributed by atoms with Crippen LogP contribution < -0.4 is 5.32 Å². The van der Waals surface area contributed by atoms with Gasteiger partial charge in [0.2, 0.25) is 0 Å². The van der Waals surface area contributed by atoms with E-state index in [-0.39, 0.29) is 0 Å². The maximum absolute atomic E-state index is 4.43. The monoisotopic (exact) mass is 255 g/mol. The van der Waals surface area contributed by atoms with Gasteiger partial charge in [-0.1, -0.05) is 18.2 Å². The highest BCUT2D eigenvalue weighted by atomic mass is 15.1. The van der Waals surface area contributed by atoms with Crippen LogP contribution in [0, 0.1) is 0 Å². The maximum Gasteiger partial charge on any atom is 0.0705 e. The molecule has 0 spiro atoms. The van der Waals surface area contributed by atoms with Gasteiger partial charge in [0.25, 0.3) is 0 Å². The molecule has 1 aromatic heterocycles. The molecule has 0 unspecified atom stereocenters. The van der Waals surface area contributed by atoms with Crippen LogP contribution >= 0.6 is 0 Å². The lowest BCUT2D eigenvalue weighted by atomic mass is 10.0. The predicted octanol–water partition coefficient (Wildman–Crippen LogP) is 2.42. The molecule has 1 aliphatic heterocycles. The Bertz CT molecular complexity index is 541. The summed E-state index contributed by atoms with van der Waals surface area (Å²) < 4.78 is 0. The summed E-state index contributed by atoms with van der Waals surface area (Å²) in [4.78, 5) is 6.92. The second-order valence-corrected chi connectivity index (χ2v) is 5.38. The zero-order valence-corrected chi connectivity index (χ0v) is 11.5. The molecule has 19 heavy (non-hydrogen) atoms. The van der Waals surface area contributed by atoms with Crippen LogP contribution in [0.5, 0.6) is 0 Å².